The molecular weight excluding hydrogens is 529 g/mol. The third kappa shape index (κ3) is 6.17. The van der Waals surface area contributed by atoms with Crippen LogP contribution in [0.5, 0.6) is 0 Å². The highest BCUT2D eigenvalue weighted by atomic mass is 35.5. The van der Waals surface area contributed by atoms with E-state index in [9.17, 15) is 28.0 Å². The molecule has 0 saturated carbocycles. The van der Waals surface area contributed by atoms with Gasteiger partial charge in [0.15, 0.2) is 5.82 Å². The predicted octanol–water partition coefficient (Wildman–Crippen LogP) is 2.22. The molecular formula is C22H20ClF3N10O2. The number of nitrogens with one attached hydrogen (secondary N) is 2. The molecule has 38 heavy (non-hydrogen) atoms. The molecule has 0 saturated heterocycles. The van der Waals surface area contributed by atoms with Crippen molar-refractivity contribution < 1.29 is 22.8 Å². The number of nitriles is 1. The molecule has 12 nitrogen and oxygen atoms in total. The van der Waals surface area contributed by atoms with E-state index in [0.29, 0.717) is 10.7 Å². The summed E-state index contributed by atoms with van der Waals surface area (Å²) in [6, 6.07) is 9.01. The largest absolute Gasteiger partial charge is 0.450 e. The van der Waals surface area contributed by atoms with Gasteiger partial charge in [0.1, 0.15) is 5.69 Å². The van der Waals surface area contributed by atoms with E-state index in [4.69, 9.17) is 23.2 Å². The summed E-state index contributed by atoms with van der Waals surface area (Å²) in [5.41, 5.74) is 5.55. The molecule has 198 valence electrons. The number of hydrogen-bond acceptors (Lipinski definition) is 8. The molecule has 2 aromatic heterocycles. The number of alkyl halides is 3. The van der Waals surface area contributed by atoms with Crippen molar-refractivity contribution >= 4 is 34.9 Å². The van der Waals surface area contributed by atoms with Gasteiger partial charge in [-0.1, -0.05) is 11.6 Å². The lowest BCUT2D eigenvalue weighted by atomic mass is 10.0. The van der Waals surface area contributed by atoms with E-state index in [1.807, 2.05) is 6.07 Å². The van der Waals surface area contributed by atoms with Crippen molar-refractivity contribution in [2.24, 2.45) is 16.7 Å². The number of benzene rings is 1. The number of amides is 2. The fraction of sp³-hybridized carbons (Fsp3) is 0.182. The van der Waals surface area contributed by atoms with Crippen LogP contribution < -0.4 is 22.2 Å². The molecule has 0 unspecified atom stereocenters. The van der Waals surface area contributed by atoms with Crippen molar-refractivity contribution in [2.45, 2.75) is 19.6 Å². The number of carbonyl (C=O) groups excluding carboxylic acids is 2. The number of nitrogens with zero attached hydrogens (tertiary/aromatic N) is 6. The molecule has 0 aliphatic carbocycles. The lowest BCUT2D eigenvalue weighted by Crippen LogP contribution is -2.36. The molecule has 0 atom stereocenters. The zero-order valence-corrected chi connectivity index (χ0v) is 20.6. The van der Waals surface area contributed by atoms with E-state index in [-0.39, 0.29) is 39.0 Å². The van der Waals surface area contributed by atoms with Gasteiger partial charge in [-0.2, -0.15) is 23.5 Å². The van der Waals surface area contributed by atoms with E-state index < -0.39 is 30.4 Å². The Morgan fingerprint density at radius 1 is 1.29 bits per heavy atom. The zero-order chi connectivity index (χ0) is 28.2. The van der Waals surface area contributed by atoms with Gasteiger partial charge in [-0.25, -0.2) is 20.6 Å². The second-order valence-electron chi connectivity index (χ2n) is 7.68. The van der Waals surface area contributed by atoms with E-state index in [1.165, 1.54) is 37.5 Å². The van der Waals surface area contributed by atoms with E-state index in [2.05, 4.69) is 25.8 Å². The minimum absolute atomic E-state index is 0.0150. The minimum Gasteiger partial charge on any atom is -0.378 e. The van der Waals surface area contributed by atoms with Crippen LogP contribution in [0.25, 0.3) is 5.82 Å². The van der Waals surface area contributed by atoms with Crippen molar-refractivity contribution in [1.29, 1.82) is 5.26 Å². The molecule has 0 spiro atoms. The Morgan fingerprint density at radius 3 is 2.61 bits per heavy atom. The highest BCUT2D eigenvalue weighted by Gasteiger charge is 2.34. The van der Waals surface area contributed by atoms with E-state index in [0.717, 1.165) is 4.68 Å². The van der Waals surface area contributed by atoms with Gasteiger partial charge in [-0.05, 0) is 42.8 Å². The maximum Gasteiger partial charge on any atom is 0.450 e. The Morgan fingerprint density at radius 2 is 2.00 bits per heavy atom. The molecule has 0 fully saturated rings. The molecule has 3 aromatic rings. The first kappa shape index (κ1) is 27.9. The lowest BCUT2D eigenvalue weighted by Gasteiger charge is -2.14. The van der Waals surface area contributed by atoms with Crippen LogP contribution >= 0.6 is 11.6 Å². The zero-order valence-electron chi connectivity index (χ0n) is 19.8. The van der Waals surface area contributed by atoms with Crippen LogP contribution in [0.2, 0.25) is 5.02 Å². The van der Waals surface area contributed by atoms with Crippen LogP contribution in [0.1, 0.15) is 37.7 Å². The highest BCUT2D eigenvalue weighted by Crippen LogP contribution is 2.26. The molecule has 0 aliphatic heterocycles. The summed E-state index contributed by atoms with van der Waals surface area (Å²) in [5, 5.41) is 22.1. The molecule has 3 rings (SSSR count). The average Bonchev–Trinajstić information content (AvgIpc) is 3.27. The normalized spacial score (nSPS) is 11.6. The standard InChI is InChI=1S/C22H20ClF3N10O2/c1-11-6-12(9-27)7-14(19(37)30-2)17(11)32-20(38)16-8-13(10-35(29)34-21(28)22(24,25)26)33-36(16)18-15(23)4-3-5-31-18/h3-8H,10,29H2,1-2H3,(H2,28,34)(H,30,37)(H,32,38). The Hall–Kier alpha value is -4.68. The van der Waals surface area contributed by atoms with E-state index in [1.54, 1.807) is 13.0 Å². The number of rotatable bonds is 7. The number of amidine groups is 1. The molecule has 16 heteroatoms. The van der Waals surface area contributed by atoms with Gasteiger partial charge in [0, 0.05) is 13.2 Å². The number of aryl methyl sites for hydroxylation is 1. The summed E-state index contributed by atoms with van der Waals surface area (Å²) in [4.78, 5) is 30.0. The first-order chi connectivity index (χ1) is 17.8. The first-order valence-corrected chi connectivity index (χ1v) is 10.9. The average molecular weight is 549 g/mol. The molecule has 6 N–H and O–H groups in total. The van der Waals surface area contributed by atoms with Crippen LogP contribution in [0.4, 0.5) is 18.9 Å². The summed E-state index contributed by atoms with van der Waals surface area (Å²) in [7, 11) is 1.39. The number of carbonyl (C=O) groups is 2. The van der Waals surface area contributed by atoms with Crippen molar-refractivity contribution in [2.75, 3.05) is 12.4 Å². The summed E-state index contributed by atoms with van der Waals surface area (Å²) in [6.07, 6.45) is -3.51. The molecule has 2 amide bonds. The van der Waals surface area contributed by atoms with Gasteiger partial charge in [0.2, 0.25) is 5.84 Å². The van der Waals surface area contributed by atoms with Crippen LogP contribution in [0, 0.1) is 18.3 Å². The number of hydrazine groups is 1. The molecule has 2 heterocycles. The fourth-order valence-electron chi connectivity index (χ4n) is 3.27. The van der Waals surface area contributed by atoms with Gasteiger partial charge >= 0.3 is 6.18 Å². The Labute approximate surface area is 218 Å². The number of anilines is 1. The summed E-state index contributed by atoms with van der Waals surface area (Å²) >= 11 is 6.24. The number of pyridine rings is 1. The third-order valence-corrected chi connectivity index (χ3v) is 5.25. The molecule has 0 aliphatic rings. The Bertz CT molecular complexity index is 1460. The smallest absolute Gasteiger partial charge is 0.378 e. The van der Waals surface area contributed by atoms with Crippen molar-refractivity contribution in [3.05, 3.63) is 69.6 Å². The number of aromatic nitrogens is 3. The third-order valence-electron chi connectivity index (χ3n) is 4.96. The maximum absolute atomic E-state index is 13.4. The molecule has 0 radical (unpaired) electrons. The summed E-state index contributed by atoms with van der Waals surface area (Å²) < 4.78 is 39.2. The van der Waals surface area contributed by atoms with Crippen LogP contribution in [-0.4, -0.2) is 50.8 Å². The molecule has 0 bridgehead atoms. The molecule has 1 aromatic carbocycles. The van der Waals surface area contributed by atoms with Crippen molar-refractivity contribution in [1.82, 2.24) is 25.2 Å². The highest BCUT2D eigenvalue weighted by molar-refractivity contribution is 6.32. The van der Waals surface area contributed by atoms with Gasteiger partial charge < -0.3 is 16.4 Å². The SMILES string of the molecule is CNC(=O)c1cc(C#N)cc(C)c1NC(=O)c1cc(CN(N)/N=C(\N)C(F)(F)F)nn1-c1ncccc1Cl. The predicted molar refractivity (Wildman–Crippen MR) is 131 cm³/mol. The van der Waals surface area contributed by atoms with Gasteiger partial charge in [-0.3, -0.25) is 9.59 Å². The van der Waals surface area contributed by atoms with Gasteiger partial charge in [0.25, 0.3) is 11.8 Å². The fourth-order valence-corrected chi connectivity index (χ4v) is 3.47. The second-order valence-corrected chi connectivity index (χ2v) is 8.09. The van der Waals surface area contributed by atoms with Crippen LogP contribution in [-0.2, 0) is 6.54 Å². The Balaban J connectivity index is 2.06. The maximum atomic E-state index is 13.4. The number of hydrogen-bond donors (Lipinski definition) is 4. The minimum atomic E-state index is -4.90. The lowest BCUT2D eigenvalue weighted by molar-refractivity contribution is -0.0615. The topological polar surface area (TPSA) is 180 Å². The Kier molecular flexibility index (Phi) is 8.19. The van der Waals surface area contributed by atoms with Crippen LogP contribution in [0.15, 0.2) is 41.6 Å². The first-order valence-electron chi connectivity index (χ1n) is 10.6. The number of nitrogens with two attached hydrogens (primary N) is 2. The van der Waals surface area contributed by atoms with Gasteiger partial charge in [0.05, 0.1) is 40.1 Å². The van der Waals surface area contributed by atoms with E-state index >= 15 is 0 Å². The quantitative estimate of drug-likeness (QED) is 0.150. The number of halogens is 4. The van der Waals surface area contributed by atoms with Gasteiger partial charge in [-0.15, -0.1) is 5.10 Å². The van der Waals surface area contributed by atoms with Crippen molar-refractivity contribution in [3.63, 3.8) is 0 Å². The van der Waals surface area contributed by atoms with Crippen LogP contribution in [0.3, 0.4) is 0 Å². The summed E-state index contributed by atoms with van der Waals surface area (Å²) in [6.45, 7) is 1.12. The number of hydrazone groups is 1. The monoisotopic (exact) mass is 548 g/mol. The second kappa shape index (κ2) is 11.2. The van der Waals surface area contributed by atoms with Crippen molar-refractivity contribution in [3.8, 4) is 11.9 Å². The summed E-state index contributed by atoms with van der Waals surface area (Å²) in [5.74, 6) is 2.58.